The maximum absolute atomic E-state index is 13.2. The average Bonchev–Trinajstić information content (AvgIpc) is 2.57. The Morgan fingerprint density at radius 3 is 2.35 bits per heavy atom. The molecule has 7 nitrogen and oxygen atoms in total. The van der Waals surface area contributed by atoms with Gasteiger partial charge in [0.05, 0.1) is 6.10 Å². The molecule has 0 fully saturated rings. The minimum absolute atomic E-state index is 0.117. The number of aryl methyl sites for hydroxylation is 1. The van der Waals surface area contributed by atoms with Gasteiger partial charge in [-0.2, -0.15) is 5.09 Å². The van der Waals surface area contributed by atoms with Gasteiger partial charge in [0, 0.05) is 12.3 Å². The van der Waals surface area contributed by atoms with Crippen LogP contribution in [0.3, 0.4) is 0 Å². The van der Waals surface area contributed by atoms with Crippen molar-refractivity contribution in [2.24, 2.45) is 0 Å². The summed E-state index contributed by atoms with van der Waals surface area (Å²) in [6, 6.07) is 11.0. The summed E-state index contributed by atoms with van der Waals surface area (Å²) in [4.78, 5) is 16.1. The SMILES string of the molecule is Cc1ccc(O[P@](=O)(N[C@@H](C)C(=O)OC(C)C)Oc2ccccc2)nc1. The van der Waals surface area contributed by atoms with Crippen LogP contribution < -0.4 is 14.1 Å². The zero-order valence-corrected chi connectivity index (χ0v) is 16.1. The van der Waals surface area contributed by atoms with Crippen molar-refractivity contribution in [2.75, 3.05) is 0 Å². The molecule has 26 heavy (non-hydrogen) atoms. The van der Waals surface area contributed by atoms with Crippen LogP contribution in [-0.4, -0.2) is 23.1 Å². The van der Waals surface area contributed by atoms with Crippen molar-refractivity contribution in [3.05, 3.63) is 54.2 Å². The van der Waals surface area contributed by atoms with Crippen molar-refractivity contribution < 1.29 is 23.1 Å². The third-order valence-corrected chi connectivity index (χ3v) is 4.71. The Labute approximate surface area is 153 Å². The van der Waals surface area contributed by atoms with Gasteiger partial charge in [-0.25, -0.2) is 9.55 Å². The molecule has 0 saturated carbocycles. The van der Waals surface area contributed by atoms with Crippen molar-refractivity contribution in [1.82, 2.24) is 10.1 Å². The molecule has 140 valence electrons. The Kier molecular flexibility index (Phi) is 6.77. The second kappa shape index (κ2) is 8.83. The molecule has 0 aliphatic rings. The first kappa shape index (κ1) is 19.9. The minimum atomic E-state index is -3.95. The maximum atomic E-state index is 13.2. The molecular formula is C18H23N2O5P. The Bertz CT molecular complexity index is 765. The number of hydrogen-bond acceptors (Lipinski definition) is 6. The number of nitrogens with one attached hydrogen (secondary N) is 1. The van der Waals surface area contributed by atoms with Gasteiger partial charge in [0.2, 0.25) is 5.88 Å². The van der Waals surface area contributed by atoms with E-state index < -0.39 is 19.8 Å². The first-order chi connectivity index (χ1) is 12.3. The number of aromatic nitrogens is 1. The monoisotopic (exact) mass is 378 g/mol. The van der Waals surface area contributed by atoms with Crippen LogP contribution in [0.1, 0.15) is 26.3 Å². The summed E-state index contributed by atoms with van der Waals surface area (Å²) in [5, 5.41) is 2.61. The number of carbonyl (C=O) groups excluding carboxylic acids is 1. The third kappa shape index (κ3) is 6.17. The van der Waals surface area contributed by atoms with Gasteiger partial charge in [0.1, 0.15) is 11.8 Å². The van der Waals surface area contributed by atoms with Gasteiger partial charge in [0.25, 0.3) is 0 Å². The summed E-state index contributed by atoms with van der Waals surface area (Å²) in [5.74, 6) is -0.107. The van der Waals surface area contributed by atoms with Crippen molar-refractivity contribution in [3.63, 3.8) is 0 Å². The van der Waals surface area contributed by atoms with Gasteiger partial charge >= 0.3 is 13.7 Å². The van der Waals surface area contributed by atoms with E-state index in [0.717, 1.165) is 5.56 Å². The van der Waals surface area contributed by atoms with Crippen LogP contribution in [0.2, 0.25) is 0 Å². The number of nitrogens with zero attached hydrogens (tertiary/aromatic N) is 1. The van der Waals surface area contributed by atoms with Crippen LogP contribution >= 0.6 is 7.75 Å². The van der Waals surface area contributed by atoms with Crippen LogP contribution in [-0.2, 0) is 14.1 Å². The van der Waals surface area contributed by atoms with E-state index in [4.69, 9.17) is 13.8 Å². The molecule has 0 aliphatic carbocycles. The number of carbonyl (C=O) groups is 1. The molecule has 0 spiro atoms. The summed E-state index contributed by atoms with van der Waals surface area (Å²) in [6.07, 6.45) is 1.29. The first-order valence-corrected chi connectivity index (χ1v) is 9.77. The van der Waals surface area contributed by atoms with Crippen molar-refractivity contribution in [3.8, 4) is 11.6 Å². The molecule has 0 aliphatic heterocycles. The fourth-order valence-corrected chi connectivity index (χ4v) is 3.42. The van der Waals surface area contributed by atoms with Crippen LogP contribution in [0.25, 0.3) is 0 Å². The van der Waals surface area contributed by atoms with Gasteiger partial charge in [-0.1, -0.05) is 24.3 Å². The highest BCUT2D eigenvalue weighted by Crippen LogP contribution is 2.44. The van der Waals surface area contributed by atoms with E-state index in [2.05, 4.69) is 10.1 Å². The van der Waals surface area contributed by atoms with Crippen molar-refractivity contribution in [1.29, 1.82) is 0 Å². The fraction of sp³-hybridized carbons (Fsp3) is 0.333. The number of esters is 1. The van der Waals surface area contributed by atoms with Gasteiger partial charge in [-0.3, -0.25) is 4.79 Å². The minimum Gasteiger partial charge on any atom is -0.462 e. The Hall–Kier alpha value is -2.37. The molecule has 8 heteroatoms. The lowest BCUT2D eigenvalue weighted by Crippen LogP contribution is -2.36. The fourth-order valence-electron chi connectivity index (χ4n) is 1.95. The maximum Gasteiger partial charge on any atom is 0.514 e. The molecular weight excluding hydrogens is 355 g/mol. The standard InChI is InChI=1S/C18H23N2O5P/c1-13(2)23-18(21)15(4)20-26(22,24-16-8-6-5-7-9-16)25-17-11-10-14(3)12-19-17/h5-13,15H,1-4H3,(H,20,22)/t15-,26-/m0/s1. The van der Waals surface area contributed by atoms with Gasteiger partial charge in [0.15, 0.2) is 0 Å². The molecule has 1 N–H and O–H groups in total. The summed E-state index contributed by atoms with van der Waals surface area (Å²) < 4.78 is 29.4. The van der Waals surface area contributed by atoms with E-state index >= 15 is 0 Å². The predicted molar refractivity (Wildman–Crippen MR) is 98.1 cm³/mol. The number of benzene rings is 1. The van der Waals surface area contributed by atoms with Crippen LogP contribution in [0, 0.1) is 6.92 Å². The molecule has 0 unspecified atom stereocenters. The topological polar surface area (TPSA) is 86.8 Å². The summed E-state index contributed by atoms with van der Waals surface area (Å²) in [7, 11) is -3.95. The van der Waals surface area contributed by atoms with Gasteiger partial charge in [-0.15, -0.1) is 0 Å². The number of rotatable bonds is 8. The smallest absolute Gasteiger partial charge is 0.462 e. The Morgan fingerprint density at radius 2 is 1.77 bits per heavy atom. The molecule has 0 amide bonds. The summed E-state index contributed by atoms with van der Waals surface area (Å²) >= 11 is 0. The highest BCUT2D eigenvalue weighted by molar-refractivity contribution is 7.52. The second-order valence-corrected chi connectivity index (χ2v) is 7.62. The van der Waals surface area contributed by atoms with E-state index in [1.54, 1.807) is 62.5 Å². The van der Waals surface area contributed by atoms with E-state index in [1.807, 2.05) is 6.92 Å². The molecule has 0 radical (unpaired) electrons. The zero-order chi connectivity index (χ0) is 19.2. The van der Waals surface area contributed by atoms with Crippen molar-refractivity contribution in [2.45, 2.75) is 39.8 Å². The first-order valence-electron chi connectivity index (χ1n) is 8.22. The quantitative estimate of drug-likeness (QED) is 0.551. The number of ether oxygens (including phenoxy) is 1. The lowest BCUT2D eigenvalue weighted by molar-refractivity contribution is -0.149. The van der Waals surface area contributed by atoms with Crippen LogP contribution in [0.15, 0.2) is 48.7 Å². The molecule has 0 bridgehead atoms. The molecule has 1 heterocycles. The Morgan fingerprint density at radius 1 is 1.08 bits per heavy atom. The number of para-hydroxylation sites is 1. The van der Waals surface area contributed by atoms with E-state index in [-0.39, 0.29) is 12.0 Å². The molecule has 2 atom stereocenters. The zero-order valence-electron chi connectivity index (χ0n) is 15.2. The third-order valence-electron chi connectivity index (χ3n) is 3.12. The second-order valence-electron chi connectivity index (χ2n) is 6.00. The van der Waals surface area contributed by atoms with E-state index in [9.17, 15) is 9.36 Å². The molecule has 2 rings (SSSR count). The summed E-state index contributed by atoms with van der Waals surface area (Å²) in [5.41, 5.74) is 0.929. The molecule has 0 saturated heterocycles. The van der Waals surface area contributed by atoms with Gasteiger partial charge < -0.3 is 13.8 Å². The Balaban J connectivity index is 2.21. The van der Waals surface area contributed by atoms with Crippen LogP contribution in [0.5, 0.6) is 11.6 Å². The molecule has 1 aromatic heterocycles. The predicted octanol–water partition coefficient (Wildman–Crippen LogP) is 3.89. The largest absolute Gasteiger partial charge is 0.514 e. The normalized spacial score (nSPS) is 14.3. The number of pyridine rings is 1. The summed E-state index contributed by atoms with van der Waals surface area (Å²) in [6.45, 7) is 6.87. The lowest BCUT2D eigenvalue weighted by atomic mass is 10.3. The van der Waals surface area contributed by atoms with E-state index in [1.165, 1.54) is 6.92 Å². The van der Waals surface area contributed by atoms with Gasteiger partial charge in [-0.05, 0) is 45.4 Å². The molecule has 2 aromatic rings. The lowest BCUT2D eigenvalue weighted by Gasteiger charge is -2.23. The van der Waals surface area contributed by atoms with Crippen molar-refractivity contribution >= 4 is 13.7 Å². The molecule has 1 aromatic carbocycles. The highest BCUT2D eigenvalue weighted by Gasteiger charge is 2.34. The van der Waals surface area contributed by atoms with Crippen LogP contribution in [0.4, 0.5) is 0 Å². The number of hydrogen-bond donors (Lipinski definition) is 1. The highest BCUT2D eigenvalue weighted by atomic mass is 31.2. The average molecular weight is 378 g/mol. The van der Waals surface area contributed by atoms with E-state index in [0.29, 0.717) is 5.75 Å².